The van der Waals surface area contributed by atoms with Gasteiger partial charge in [0.05, 0.1) is 19.8 Å². The molecular weight excluding hydrogens is 484 g/mol. The third-order valence-corrected chi connectivity index (χ3v) is 6.18. The van der Waals surface area contributed by atoms with E-state index in [-0.39, 0.29) is 0 Å². The Balaban J connectivity index is 1.74. The molecule has 0 radical (unpaired) electrons. The van der Waals surface area contributed by atoms with E-state index in [0.717, 1.165) is 0 Å². The molecule has 3 rings (SSSR count). The fourth-order valence-corrected chi connectivity index (χ4v) is 4.13. The highest BCUT2D eigenvalue weighted by Crippen LogP contribution is 2.31. The van der Waals surface area contributed by atoms with Gasteiger partial charge in [-0.2, -0.15) is 0 Å². The summed E-state index contributed by atoms with van der Waals surface area (Å²) in [4.78, 5) is 3.80. The van der Waals surface area contributed by atoms with Gasteiger partial charge in [0.25, 0.3) is 0 Å². The van der Waals surface area contributed by atoms with Crippen molar-refractivity contribution >= 4 is 5.84 Å². The van der Waals surface area contributed by atoms with Crippen molar-refractivity contribution in [3.8, 4) is 0 Å². The van der Waals surface area contributed by atoms with Crippen molar-refractivity contribution in [1.82, 2.24) is 5.48 Å². The van der Waals surface area contributed by atoms with E-state index in [0.29, 0.717) is 0 Å². The zero-order valence-electron chi connectivity index (χ0n) is 18.2. The van der Waals surface area contributed by atoms with Crippen LogP contribution in [0.1, 0.15) is 0 Å². The van der Waals surface area contributed by atoms with E-state index in [1.807, 2.05) is 0 Å². The third kappa shape index (κ3) is 5.59. The van der Waals surface area contributed by atoms with E-state index in [4.69, 9.17) is 24.2 Å². The van der Waals surface area contributed by atoms with E-state index in [1.165, 1.54) is 0 Å². The van der Waals surface area contributed by atoms with Crippen LogP contribution in [0.5, 0.6) is 0 Å². The van der Waals surface area contributed by atoms with Gasteiger partial charge in [-0.1, -0.05) is 0 Å². The van der Waals surface area contributed by atoms with E-state index >= 15 is 0 Å². The molecule has 3 heterocycles. The Morgan fingerprint density at radius 2 is 1.20 bits per heavy atom. The number of amidine groups is 1. The molecule has 204 valence electrons. The van der Waals surface area contributed by atoms with Crippen LogP contribution in [0.15, 0.2) is 4.99 Å². The first kappa shape index (κ1) is 28.4. The van der Waals surface area contributed by atoms with Gasteiger partial charge >= 0.3 is 0 Å². The van der Waals surface area contributed by atoms with Gasteiger partial charge in [-0.3, -0.25) is 15.7 Å². The third-order valence-electron chi connectivity index (χ3n) is 6.18. The van der Waals surface area contributed by atoms with Gasteiger partial charge in [-0.05, 0) is 0 Å². The maximum atomic E-state index is 10.6. The summed E-state index contributed by atoms with van der Waals surface area (Å²) in [6, 6.07) is -1.23. The molecule has 0 unspecified atom stereocenters. The number of aliphatic hydroxyl groups excluding tert-OH is 10. The highest BCUT2D eigenvalue weighted by Gasteiger charge is 2.52. The first-order valence-corrected chi connectivity index (χ1v) is 10.8. The number of hydrogen-bond donors (Lipinski definition) is 12. The summed E-state index contributed by atoms with van der Waals surface area (Å²) in [5.74, 6) is -0.442. The minimum atomic E-state index is -1.90. The molecule has 0 bridgehead atoms. The summed E-state index contributed by atoms with van der Waals surface area (Å²) in [5.41, 5.74) is 1.59. The molecule has 0 aromatic rings. The van der Waals surface area contributed by atoms with Crippen molar-refractivity contribution in [1.29, 1.82) is 0 Å². The van der Waals surface area contributed by atoms with Crippen molar-refractivity contribution < 1.29 is 75.2 Å². The summed E-state index contributed by atoms with van der Waals surface area (Å²) < 4.78 is 21.6. The fraction of sp³-hybridized carbons (Fsp3) is 0.944. The minimum Gasteiger partial charge on any atom is -0.394 e. The number of ether oxygens (including phenoxy) is 4. The highest BCUT2D eigenvalue weighted by atomic mass is 16.7. The normalized spacial score (nSPS) is 48.9. The summed E-state index contributed by atoms with van der Waals surface area (Å²) in [6.45, 7) is -2.27. The van der Waals surface area contributed by atoms with Crippen molar-refractivity contribution in [2.45, 2.75) is 85.8 Å². The number of nitrogens with one attached hydrogen (secondary N) is 1. The minimum absolute atomic E-state index is 0.442. The van der Waals surface area contributed by atoms with Crippen LogP contribution >= 0.6 is 0 Å². The molecule has 0 aliphatic carbocycles. The maximum Gasteiger partial charge on any atom is 0.187 e. The van der Waals surface area contributed by atoms with Gasteiger partial charge in [0.2, 0.25) is 0 Å². The van der Waals surface area contributed by atoms with Gasteiger partial charge in [-0.25, -0.2) is 0 Å². The molecule has 3 aliphatic heterocycles. The predicted octanol–water partition coefficient (Wildman–Crippen LogP) is -7.53. The number of nitrogens with zero attached hydrogens (tertiary/aromatic N) is 1. The average Bonchev–Trinajstić information content (AvgIpc) is 2.86. The summed E-state index contributed by atoms with van der Waals surface area (Å²) >= 11 is 0. The Bertz CT molecular complexity index is 713. The second-order valence-corrected chi connectivity index (χ2v) is 8.42. The van der Waals surface area contributed by atoms with Crippen molar-refractivity contribution in [3.63, 3.8) is 0 Å². The van der Waals surface area contributed by atoms with Crippen molar-refractivity contribution in [2.75, 3.05) is 19.8 Å². The molecule has 2 fully saturated rings. The first-order valence-electron chi connectivity index (χ1n) is 10.8. The topological polar surface area (TPSA) is 284 Å². The van der Waals surface area contributed by atoms with E-state index in [1.54, 1.807) is 5.48 Å². The van der Waals surface area contributed by atoms with E-state index in [9.17, 15) is 51.1 Å². The molecule has 0 saturated carbocycles. The maximum absolute atomic E-state index is 10.6. The molecule has 0 spiro atoms. The SMILES string of the molecule is OC[C@H]1N=C(NO)[C@H](O)[C@@H](O)[C@@H]1O[C@H]1O[C@H](CO)[C@@H](O[C@H]2O[C@H](CO)[C@@H](O)[C@H](O)[C@H]2O)[C@H](O)[C@H]1O. The quantitative estimate of drug-likeness (QED) is 0.140. The second kappa shape index (κ2) is 11.9. The lowest BCUT2D eigenvalue weighted by atomic mass is 9.95. The highest BCUT2D eigenvalue weighted by molar-refractivity contribution is 5.87. The molecule has 12 N–H and O–H groups in total. The molecule has 0 aromatic carbocycles. The molecule has 17 heteroatoms. The predicted molar refractivity (Wildman–Crippen MR) is 107 cm³/mol. The molecule has 3 aliphatic rings. The lowest BCUT2D eigenvalue weighted by molar-refractivity contribution is -0.365. The van der Waals surface area contributed by atoms with Crippen LogP contribution in [0.2, 0.25) is 0 Å². The monoisotopic (exact) mass is 516 g/mol. The lowest BCUT2D eigenvalue weighted by Gasteiger charge is -2.47. The molecule has 0 aromatic heterocycles. The molecule has 14 atom stereocenters. The molecule has 35 heavy (non-hydrogen) atoms. The van der Waals surface area contributed by atoms with Crippen LogP contribution in [0.4, 0.5) is 0 Å². The second-order valence-electron chi connectivity index (χ2n) is 8.42. The van der Waals surface area contributed by atoms with Crippen LogP contribution in [-0.4, -0.2) is 168 Å². The molecule has 2 saturated heterocycles. The lowest BCUT2D eigenvalue weighted by Crippen LogP contribution is -2.66. The van der Waals surface area contributed by atoms with Gasteiger partial charge in [0.15, 0.2) is 18.4 Å². The zero-order valence-corrected chi connectivity index (χ0v) is 18.2. The van der Waals surface area contributed by atoms with Crippen molar-refractivity contribution in [2.24, 2.45) is 4.99 Å². The summed E-state index contributed by atoms with van der Waals surface area (Å²) in [5, 5.41) is 109. The first-order chi connectivity index (χ1) is 16.6. The molecule has 17 nitrogen and oxygen atoms in total. The van der Waals surface area contributed by atoms with Crippen LogP contribution in [0, 0.1) is 0 Å². The number of hydrogen-bond acceptors (Lipinski definition) is 17. The number of aliphatic hydroxyl groups is 10. The average molecular weight is 516 g/mol. The van der Waals surface area contributed by atoms with Gasteiger partial charge in [0.1, 0.15) is 73.2 Å². The number of rotatable bonds is 7. The van der Waals surface area contributed by atoms with Gasteiger partial charge in [0, 0.05) is 0 Å². The van der Waals surface area contributed by atoms with E-state index < -0.39 is 111 Å². The van der Waals surface area contributed by atoms with Crippen LogP contribution in [0.25, 0.3) is 0 Å². The molecule has 0 amide bonds. The Hall–Kier alpha value is -1.13. The smallest absolute Gasteiger partial charge is 0.187 e. The van der Waals surface area contributed by atoms with Crippen molar-refractivity contribution in [3.05, 3.63) is 0 Å². The van der Waals surface area contributed by atoms with E-state index in [2.05, 4.69) is 4.99 Å². The zero-order chi connectivity index (χ0) is 26.0. The van der Waals surface area contributed by atoms with Crippen LogP contribution in [-0.2, 0) is 18.9 Å². The largest absolute Gasteiger partial charge is 0.394 e. The summed E-state index contributed by atoms with van der Waals surface area (Å²) in [7, 11) is 0. The van der Waals surface area contributed by atoms with Crippen LogP contribution < -0.4 is 5.48 Å². The van der Waals surface area contributed by atoms with Gasteiger partial charge in [-0.15, -0.1) is 0 Å². The summed E-state index contributed by atoms with van der Waals surface area (Å²) in [6.07, 6.45) is -21.8. The van der Waals surface area contributed by atoms with Gasteiger partial charge < -0.3 is 70.0 Å². The Kier molecular flexibility index (Phi) is 9.71. The number of hydroxylamine groups is 1. The Morgan fingerprint density at radius 1 is 0.657 bits per heavy atom. The molecular formula is C18H32N2O15. The van der Waals surface area contributed by atoms with Crippen LogP contribution in [0.3, 0.4) is 0 Å². The number of aliphatic imine (C=N–C) groups is 1. The fourth-order valence-electron chi connectivity index (χ4n) is 4.13. The Labute approximate surface area is 198 Å². The Morgan fingerprint density at radius 3 is 1.74 bits per heavy atom. The standard InChI is InChI=1S/C18H32N2O15/c21-1-4-14(9(26)11(28)16(19-4)20-31)34-18-13(30)10(27)15(6(3-23)33-18)35-17-12(29)8(25)7(24)5(2-22)32-17/h4-15,17-18,21-31H,1-3H2,(H,19,20)/t4-,5-,6-,7-,8+,9-,10-,11-,12-,13-,14-,15-,17-,18-/m1/s1.